The van der Waals surface area contributed by atoms with E-state index in [0.29, 0.717) is 18.7 Å². The fraction of sp³-hybridized carbons (Fsp3) is 0.190. The second kappa shape index (κ2) is 7.07. The minimum absolute atomic E-state index is 0.0237. The Morgan fingerprint density at radius 1 is 1.19 bits per heavy atom. The zero-order valence-electron chi connectivity index (χ0n) is 15.2. The first-order chi connectivity index (χ1) is 13.1. The van der Waals surface area contributed by atoms with Crippen LogP contribution in [0.3, 0.4) is 0 Å². The fourth-order valence-corrected chi connectivity index (χ4v) is 2.98. The van der Waals surface area contributed by atoms with Crippen molar-refractivity contribution in [1.29, 1.82) is 0 Å². The van der Waals surface area contributed by atoms with Crippen molar-refractivity contribution in [2.75, 3.05) is 5.32 Å². The highest BCUT2D eigenvalue weighted by molar-refractivity contribution is 5.92. The number of anilines is 1. The van der Waals surface area contributed by atoms with Gasteiger partial charge in [-0.15, -0.1) is 0 Å². The van der Waals surface area contributed by atoms with Gasteiger partial charge in [0.25, 0.3) is 0 Å². The molecule has 0 aliphatic carbocycles. The molecule has 6 heteroatoms. The van der Waals surface area contributed by atoms with E-state index in [2.05, 4.69) is 20.5 Å². The van der Waals surface area contributed by atoms with E-state index in [4.69, 9.17) is 4.42 Å². The van der Waals surface area contributed by atoms with Crippen LogP contribution >= 0.6 is 0 Å². The molecule has 0 bridgehead atoms. The molecule has 27 heavy (non-hydrogen) atoms. The summed E-state index contributed by atoms with van der Waals surface area (Å²) in [6.07, 6.45) is 4.59. The first kappa shape index (κ1) is 17.0. The summed E-state index contributed by atoms with van der Waals surface area (Å²) in [5.41, 5.74) is 6.42. The van der Waals surface area contributed by atoms with Gasteiger partial charge in [0.2, 0.25) is 11.8 Å². The van der Waals surface area contributed by atoms with Gasteiger partial charge in [0, 0.05) is 23.9 Å². The largest absolute Gasteiger partial charge is 0.436 e. The molecule has 2 heterocycles. The predicted octanol–water partition coefficient (Wildman–Crippen LogP) is 4.41. The number of carbonyl (C=O) groups excluding carboxylic acids is 1. The SMILES string of the molecule is Cc1ccc2oc(-c3ccc(NC(=O)CCc4cn[nH]c4)c(C)c3)nc2c1. The lowest BCUT2D eigenvalue weighted by molar-refractivity contribution is -0.116. The second-order valence-corrected chi connectivity index (χ2v) is 6.67. The Labute approximate surface area is 156 Å². The maximum atomic E-state index is 12.2. The summed E-state index contributed by atoms with van der Waals surface area (Å²) in [7, 11) is 0. The van der Waals surface area contributed by atoms with Gasteiger partial charge in [0.1, 0.15) is 5.52 Å². The number of hydrogen-bond donors (Lipinski definition) is 2. The van der Waals surface area contributed by atoms with Crippen LogP contribution in [0.4, 0.5) is 5.69 Å². The highest BCUT2D eigenvalue weighted by atomic mass is 16.3. The third-order valence-corrected chi connectivity index (χ3v) is 4.49. The van der Waals surface area contributed by atoms with Crippen LogP contribution in [0, 0.1) is 13.8 Å². The number of nitrogens with zero attached hydrogens (tertiary/aromatic N) is 2. The number of aromatic nitrogens is 3. The van der Waals surface area contributed by atoms with Gasteiger partial charge < -0.3 is 9.73 Å². The molecule has 136 valence electrons. The van der Waals surface area contributed by atoms with Gasteiger partial charge in [0.15, 0.2) is 5.58 Å². The summed E-state index contributed by atoms with van der Waals surface area (Å²) in [5, 5.41) is 9.60. The van der Waals surface area contributed by atoms with Crippen molar-refractivity contribution in [3.05, 3.63) is 65.5 Å². The molecular formula is C21H20N4O2. The lowest BCUT2D eigenvalue weighted by Gasteiger charge is -2.09. The average Bonchev–Trinajstić information content (AvgIpc) is 3.30. The normalized spacial score (nSPS) is 11.0. The van der Waals surface area contributed by atoms with Crippen molar-refractivity contribution in [1.82, 2.24) is 15.2 Å². The first-order valence-electron chi connectivity index (χ1n) is 8.84. The maximum Gasteiger partial charge on any atom is 0.227 e. The maximum absolute atomic E-state index is 12.2. The highest BCUT2D eigenvalue weighted by Crippen LogP contribution is 2.28. The molecule has 2 N–H and O–H groups in total. The van der Waals surface area contributed by atoms with Crippen molar-refractivity contribution in [2.24, 2.45) is 0 Å². The van der Waals surface area contributed by atoms with Gasteiger partial charge in [-0.25, -0.2) is 4.98 Å². The minimum Gasteiger partial charge on any atom is -0.436 e. The molecule has 0 radical (unpaired) electrons. The van der Waals surface area contributed by atoms with E-state index < -0.39 is 0 Å². The van der Waals surface area contributed by atoms with E-state index in [9.17, 15) is 4.79 Å². The van der Waals surface area contributed by atoms with Crippen molar-refractivity contribution in [2.45, 2.75) is 26.7 Å². The van der Waals surface area contributed by atoms with Crippen molar-refractivity contribution >= 4 is 22.7 Å². The van der Waals surface area contributed by atoms with Gasteiger partial charge in [-0.05, 0) is 67.3 Å². The van der Waals surface area contributed by atoms with Crippen molar-refractivity contribution in [3.8, 4) is 11.5 Å². The number of carbonyl (C=O) groups is 1. The van der Waals surface area contributed by atoms with E-state index >= 15 is 0 Å². The zero-order valence-corrected chi connectivity index (χ0v) is 15.2. The van der Waals surface area contributed by atoms with E-state index in [1.807, 2.05) is 50.2 Å². The van der Waals surface area contributed by atoms with E-state index in [1.54, 1.807) is 12.4 Å². The second-order valence-electron chi connectivity index (χ2n) is 6.67. The summed E-state index contributed by atoms with van der Waals surface area (Å²) in [5.74, 6) is 0.556. The fourth-order valence-electron chi connectivity index (χ4n) is 2.98. The molecule has 4 aromatic rings. The van der Waals surface area contributed by atoms with Crippen molar-refractivity contribution in [3.63, 3.8) is 0 Å². The molecule has 1 amide bonds. The number of rotatable bonds is 5. The molecule has 0 fully saturated rings. The van der Waals surface area contributed by atoms with E-state index in [1.165, 1.54) is 0 Å². The number of oxazole rings is 1. The molecule has 0 unspecified atom stereocenters. The topological polar surface area (TPSA) is 83.8 Å². The minimum atomic E-state index is -0.0237. The Balaban J connectivity index is 1.48. The average molecular weight is 360 g/mol. The summed E-state index contributed by atoms with van der Waals surface area (Å²) in [6.45, 7) is 3.99. The lowest BCUT2D eigenvalue weighted by atomic mass is 10.1. The zero-order chi connectivity index (χ0) is 18.8. The summed E-state index contributed by atoms with van der Waals surface area (Å²) in [4.78, 5) is 16.8. The smallest absolute Gasteiger partial charge is 0.227 e. The Morgan fingerprint density at radius 2 is 2.07 bits per heavy atom. The van der Waals surface area contributed by atoms with Crippen LogP contribution in [0.15, 0.2) is 53.2 Å². The molecule has 0 saturated carbocycles. The molecule has 6 nitrogen and oxygen atoms in total. The summed E-state index contributed by atoms with van der Waals surface area (Å²) >= 11 is 0. The quantitative estimate of drug-likeness (QED) is 0.552. The van der Waals surface area contributed by atoms with Gasteiger partial charge in [0.05, 0.1) is 6.20 Å². The molecule has 0 aliphatic heterocycles. The molecule has 0 saturated heterocycles. The molecule has 0 aliphatic rings. The number of aromatic amines is 1. The van der Waals surface area contributed by atoms with Crippen LogP contribution < -0.4 is 5.32 Å². The Bertz CT molecular complexity index is 1100. The standard InChI is InChI=1S/C21H20N4O2/c1-13-3-7-19-18(9-13)25-21(27-19)16-5-6-17(14(2)10-16)24-20(26)8-4-15-11-22-23-12-15/h3,5-7,9-12H,4,8H2,1-2H3,(H,22,23)(H,24,26). The van der Waals surface area contributed by atoms with E-state index in [-0.39, 0.29) is 5.91 Å². The van der Waals surface area contributed by atoms with Crippen LogP contribution in [0.5, 0.6) is 0 Å². The molecule has 2 aromatic heterocycles. The number of aryl methyl sites for hydroxylation is 3. The monoisotopic (exact) mass is 360 g/mol. The summed E-state index contributed by atoms with van der Waals surface area (Å²) in [6, 6.07) is 11.7. The third kappa shape index (κ3) is 3.74. The van der Waals surface area contributed by atoms with Crippen LogP contribution in [0.2, 0.25) is 0 Å². The van der Waals surface area contributed by atoms with Crippen LogP contribution in [0.25, 0.3) is 22.6 Å². The molecular weight excluding hydrogens is 340 g/mol. The van der Waals surface area contributed by atoms with Crippen LogP contribution in [-0.2, 0) is 11.2 Å². The highest BCUT2D eigenvalue weighted by Gasteiger charge is 2.11. The number of hydrogen-bond acceptors (Lipinski definition) is 4. The number of H-pyrrole nitrogens is 1. The van der Waals surface area contributed by atoms with Crippen LogP contribution in [0.1, 0.15) is 23.1 Å². The van der Waals surface area contributed by atoms with Gasteiger partial charge in [-0.1, -0.05) is 6.07 Å². The Kier molecular flexibility index (Phi) is 4.46. The number of nitrogens with one attached hydrogen (secondary N) is 2. The van der Waals surface area contributed by atoms with Gasteiger partial charge in [-0.3, -0.25) is 9.89 Å². The van der Waals surface area contributed by atoms with Crippen molar-refractivity contribution < 1.29 is 9.21 Å². The number of amides is 1. The summed E-state index contributed by atoms with van der Waals surface area (Å²) < 4.78 is 5.86. The molecule has 4 rings (SSSR count). The Hall–Kier alpha value is -3.41. The van der Waals surface area contributed by atoms with Gasteiger partial charge in [-0.2, -0.15) is 5.10 Å². The Morgan fingerprint density at radius 3 is 2.85 bits per heavy atom. The number of fused-ring (bicyclic) bond motifs is 1. The van der Waals surface area contributed by atoms with E-state index in [0.717, 1.165) is 39.0 Å². The van der Waals surface area contributed by atoms with Crippen LogP contribution in [-0.4, -0.2) is 21.1 Å². The number of benzene rings is 2. The lowest BCUT2D eigenvalue weighted by Crippen LogP contribution is -2.13. The molecule has 0 spiro atoms. The predicted molar refractivity (Wildman–Crippen MR) is 104 cm³/mol. The third-order valence-electron chi connectivity index (χ3n) is 4.49. The molecule has 0 atom stereocenters. The first-order valence-corrected chi connectivity index (χ1v) is 8.84. The van der Waals surface area contributed by atoms with Gasteiger partial charge >= 0.3 is 0 Å². The molecule has 2 aromatic carbocycles.